The number of aromatic nitrogens is 2. The molecule has 0 fully saturated rings. The van der Waals surface area contributed by atoms with Crippen molar-refractivity contribution in [3.8, 4) is 23.1 Å². The minimum Gasteiger partial charge on any atom is -0.496 e. The molecule has 9 heteroatoms. The summed E-state index contributed by atoms with van der Waals surface area (Å²) in [6.07, 6.45) is 1.72. The van der Waals surface area contributed by atoms with Crippen LogP contribution in [0.5, 0.6) is 11.5 Å². The van der Waals surface area contributed by atoms with E-state index in [2.05, 4.69) is 50.3 Å². The maximum Gasteiger partial charge on any atom is 0.282 e. The zero-order valence-corrected chi connectivity index (χ0v) is 24.0. The van der Waals surface area contributed by atoms with Crippen molar-refractivity contribution >= 4 is 73.3 Å². The SMILES string of the molecule is COc1cccc2oc(-c3nc4ccccc4c(=O)n3N=Cc3cc(I)c(OC(C)C)c(I)c3)cc12. The minimum atomic E-state index is -0.288. The van der Waals surface area contributed by atoms with E-state index in [1.807, 2.05) is 62.4 Å². The second-order valence-corrected chi connectivity index (χ2v) is 10.6. The normalized spacial score (nSPS) is 11.7. The van der Waals surface area contributed by atoms with Gasteiger partial charge in [0.25, 0.3) is 5.56 Å². The highest BCUT2D eigenvalue weighted by Gasteiger charge is 2.18. The average Bonchev–Trinajstić information content (AvgIpc) is 3.30. The Hall–Kier alpha value is -2.93. The van der Waals surface area contributed by atoms with Crippen LogP contribution >= 0.6 is 45.2 Å². The van der Waals surface area contributed by atoms with Crippen LogP contribution in [0.2, 0.25) is 0 Å². The highest BCUT2D eigenvalue weighted by atomic mass is 127. The van der Waals surface area contributed by atoms with Gasteiger partial charge in [0.1, 0.15) is 17.1 Å². The van der Waals surface area contributed by atoms with Crippen molar-refractivity contribution < 1.29 is 13.9 Å². The monoisotopic (exact) mass is 705 g/mol. The fourth-order valence-electron chi connectivity index (χ4n) is 3.84. The largest absolute Gasteiger partial charge is 0.496 e. The average molecular weight is 705 g/mol. The van der Waals surface area contributed by atoms with Crippen LogP contribution in [0.15, 0.2) is 75.0 Å². The van der Waals surface area contributed by atoms with Gasteiger partial charge in [0.2, 0.25) is 5.82 Å². The Labute approximate surface area is 234 Å². The van der Waals surface area contributed by atoms with E-state index in [0.717, 1.165) is 23.8 Å². The molecule has 0 unspecified atom stereocenters. The van der Waals surface area contributed by atoms with Gasteiger partial charge in [-0.1, -0.05) is 18.2 Å². The van der Waals surface area contributed by atoms with Crippen molar-refractivity contribution in [1.82, 2.24) is 9.66 Å². The molecule has 0 radical (unpaired) electrons. The quantitative estimate of drug-likeness (QED) is 0.145. The van der Waals surface area contributed by atoms with Crippen LogP contribution in [-0.2, 0) is 0 Å². The molecule has 2 aromatic heterocycles. The van der Waals surface area contributed by atoms with Crippen LogP contribution in [0.25, 0.3) is 33.5 Å². The Morgan fingerprint density at radius 3 is 2.50 bits per heavy atom. The van der Waals surface area contributed by atoms with E-state index in [1.54, 1.807) is 25.5 Å². The standard InChI is InChI=1S/C27H21I2N3O4/c1-15(2)35-25-19(28)11-16(12-20(25)29)14-30-32-26(31-21-8-5-4-7-17(21)27(32)33)24-13-18-22(34-3)9-6-10-23(18)36-24/h4-15H,1-3H3. The van der Waals surface area contributed by atoms with Crippen molar-refractivity contribution in [3.63, 3.8) is 0 Å². The molecule has 5 rings (SSSR count). The Morgan fingerprint density at radius 2 is 1.78 bits per heavy atom. The number of furan rings is 1. The summed E-state index contributed by atoms with van der Waals surface area (Å²) in [5.41, 5.74) is 1.74. The van der Waals surface area contributed by atoms with E-state index in [1.165, 1.54) is 4.68 Å². The van der Waals surface area contributed by atoms with E-state index in [0.29, 0.717) is 33.8 Å². The van der Waals surface area contributed by atoms with Gasteiger partial charge in [-0.2, -0.15) is 9.78 Å². The zero-order valence-electron chi connectivity index (χ0n) is 19.7. The number of para-hydroxylation sites is 1. The summed E-state index contributed by atoms with van der Waals surface area (Å²) in [5, 5.41) is 5.83. The maximum absolute atomic E-state index is 13.5. The summed E-state index contributed by atoms with van der Waals surface area (Å²) in [4.78, 5) is 18.3. The summed E-state index contributed by atoms with van der Waals surface area (Å²) in [6.45, 7) is 3.99. The number of fused-ring (bicyclic) bond motifs is 2. The summed E-state index contributed by atoms with van der Waals surface area (Å²) >= 11 is 4.50. The highest BCUT2D eigenvalue weighted by Crippen LogP contribution is 2.33. The second-order valence-electron chi connectivity index (χ2n) is 8.28. The van der Waals surface area contributed by atoms with Crippen molar-refractivity contribution in [3.05, 3.63) is 83.7 Å². The van der Waals surface area contributed by atoms with Gasteiger partial charge in [-0.25, -0.2) is 4.98 Å². The molecule has 3 aromatic carbocycles. The molecule has 0 N–H and O–H groups in total. The second kappa shape index (κ2) is 10.2. The Balaban J connectivity index is 1.67. The third-order valence-corrected chi connectivity index (χ3v) is 7.01. The lowest BCUT2D eigenvalue weighted by molar-refractivity contribution is 0.239. The number of ether oxygens (including phenoxy) is 2. The lowest BCUT2D eigenvalue weighted by Crippen LogP contribution is -2.20. The zero-order chi connectivity index (χ0) is 25.4. The van der Waals surface area contributed by atoms with Crippen molar-refractivity contribution in [2.24, 2.45) is 5.10 Å². The van der Waals surface area contributed by atoms with Gasteiger partial charge in [-0.3, -0.25) is 4.79 Å². The molecule has 182 valence electrons. The van der Waals surface area contributed by atoms with E-state index in [4.69, 9.17) is 18.9 Å². The molecular formula is C27H21I2N3O4. The van der Waals surface area contributed by atoms with Crippen LogP contribution in [0.4, 0.5) is 0 Å². The Morgan fingerprint density at radius 1 is 1.03 bits per heavy atom. The predicted molar refractivity (Wildman–Crippen MR) is 158 cm³/mol. The summed E-state index contributed by atoms with van der Waals surface area (Å²) in [6, 6.07) is 18.5. The van der Waals surface area contributed by atoms with Gasteiger partial charge in [-0.05, 0) is 107 Å². The molecular weight excluding hydrogens is 684 g/mol. The van der Waals surface area contributed by atoms with Crippen molar-refractivity contribution in [2.45, 2.75) is 20.0 Å². The number of hydrogen-bond donors (Lipinski definition) is 0. The first-order valence-corrected chi connectivity index (χ1v) is 13.3. The van der Waals surface area contributed by atoms with Gasteiger partial charge in [-0.15, -0.1) is 0 Å². The molecule has 0 bridgehead atoms. The number of hydrogen-bond acceptors (Lipinski definition) is 6. The molecule has 0 aliphatic heterocycles. The number of benzene rings is 3. The van der Waals surface area contributed by atoms with E-state index < -0.39 is 0 Å². The molecule has 36 heavy (non-hydrogen) atoms. The summed E-state index contributed by atoms with van der Waals surface area (Å²) in [7, 11) is 1.61. The molecule has 2 heterocycles. The molecule has 5 aromatic rings. The van der Waals surface area contributed by atoms with Crippen LogP contribution in [0.1, 0.15) is 19.4 Å². The first-order valence-electron chi connectivity index (χ1n) is 11.1. The molecule has 0 atom stereocenters. The molecule has 0 aliphatic carbocycles. The third kappa shape index (κ3) is 4.73. The predicted octanol–water partition coefficient (Wildman–Crippen LogP) is 6.70. The lowest BCUT2D eigenvalue weighted by Gasteiger charge is -2.14. The van der Waals surface area contributed by atoms with Gasteiger partial charge < -0.3 is 13.9 Å². The molecule has 0 aliphatic rings. The van der Waals surface area contributed by atoms with Gasteiger partial charge in [0.15, 0.2) is 5.76 Å². The van der Waals surface area contributed by atoms with Crippen LogP contribution in [0, 0.1) is 7.14 Å². The van der Waals surface area contributed by atoms with Gasteiger partial charge >= 0.3 is 0 Å². The smallest absolute Gasteiger partial charge is 0.282 e. The fraction of sp³-hybridized carbons (Fsp3) is 0.148. The maximum atomic E-state index is 13.5. The fourth-order valence-corrected chi connectivity index (χ4v) is 5.91. The Bertz CT molecular complexity index is 1670. The number of halogens is 2. The van der Waals surface area contributed by atoms with Gasteiger partial charge in [0.05, 0.1) is 42.9 Å². The minimum absolute atomic E-state index is 0.0683. The van der Waals surface area contributed by atoms with E-state index in [9.17, 15) is 4.79 Å². The molecule has 0 amide bonds. The summed E-state index contributed by atoms with van der Waals surface area (Å²) < 4.78 is 20.7. The van der Waals surface area contributed by atoms with Gasteiger partial charge in [0, 0.05) is 0 Å². The van der Waals surface area contributed by atoms with E-state index >= 15 is 0 Å². The summed E-state index contributed by atoms with van der Waals surface area (Å²) in [5.74, 6) is 2.23. The molecule has 0 saturated carbocycles. The van der Waals surface area contributed by atoms with E-state index in [-0.39, 0.29) is 11.7 Å². The molecule has 7 nitrogen and oxygen atoms in total. The van der Waals surface area contributed by atoms with Crippen LogP contribution in [0.3, 0.4) is 0 Å². The number of rotatable bonds is 6. The molecule has 0 saturated heterocycles. The third-order valence-electron chi connectivity index (χ3n) is 5.41. The number of methoxy groups -OCH3 is 1. The van der Waals surface area contributed by atoms with Crippen LogP contribution in [-0.4, -0.2) is 29.1 Å². The van der Waals surface area contributed by atoms with Crippen LogP contribution < -0.4 is 15.0 Å². The van der Waals surface area contributed by atoms with Crippen molar-refractivity contribution in [1.29, 1.82) is 0 Å². The van der Waals surface area contributed by atoms with Crippen molar-refractivity contribution in [2.75, 3.05) is 7.11 Å². The Kier molecular flexibility index (Phi) is 7.02. The first-order chi connectivity index (χ1) is 17.4. The first kappa shape index (κ1) is 24.8. The number of nitrogens with zero attached hydrogens (tertiary/aromatic N) is 3. The lowest BCUT2D eigenvalue weighted by atomic mass is 10.2. The molecule has 0 spiro atoms. The highest BCUT2D eigenvalue weighted by molar-refractivity contribution is 14.1. The topological polar surface area (TPSA) is 78.9 Å².